The minimum Gasteiger partial charge on any atom is -0.507 e. The molecule has 1 aliphatic heterocycles. The van der Waals surface area contributed by atoms with Crippen LogP contribution in [0, 0.1) is 0 Å². The van der Waals surface area contributed by atoms with E-state index in [-0.39, 0.29) is 28.2 Å². The molecule has 0 saturated heterocycles. The van der Waals surface area contributed by atoms with Crippen LogP contribution in [0.15, 0.2) is 39.3 Å². The lowest BCUT2D eigenvalue weighted by molar-refractivity contribution is 0.0239. The third-order valence-electron chi connectivity index (χ3n) is 7.79. The first kappa shape index (κ1) is 31.1. The number of carbonyl (C=O) groups is 2. The van der Waals surface area contributed by atoms with Crippen molar-refractivity contribution < 1.29 is 29.6 Å². The van der Waals surface area contributed by atoms with Crippen LogP contribution in [-0.4, -0.2) is 27.3 Å². The molecule has 0 fully saturated rings. The highest BCUT2D eigenvalue weighted by atomic mass is 79.9. The molecule has 0 radical (unpaired) electrons. The predicted molar refractivity (Wildman–Crippen MR) is 166 cm³/mol. The Morgan fingerprint density at radius 1 is 0.780 bits per heavy atom. The molecule has 3 N–H and O–H groups in total. The van der Waals surface area contributed by atoms with Crippen molar-refractivity contribution in [1.82, 2.24) is 0 Å². The summed E-state index contributed by atoms with van der Waals surface area (Å²) in [6.07, 6.45) is 5.69. The number of carboxylic acid groups (broad SMARTS) is 1. The number of ether oxygens (including phenoxy) is 1. The molecular weight excluding hydrogens is 652 g/mol. The molecule has 0 unspecified atom stereocenters. The molecule has 0 aromatic heterocycles. The second-order valence-corrected chi connectivity index (χ2v) is 12.1. The summed E-state index contributed by atoms with van der Waals surface area (Å²) in [6.45, 7) is 8.21. The second-order valence-electron chi connectivity index (χ2n) is 10.5. The Hall–Kier alpha value is -2.84. The molecule has 4 rings (SSSR count). The van der Waals surface area contributed by atoms with Crippen molar-refractivity contribution in [2.45, 2.75) is 84.7 Å². The van der Waals surface area contributed by atoms with E-state index in [2.05, 4.69) is 59.6 Å². The molecule has 1 heterocycles. The van der Waals surface area contributed by atoms with Crippen molar-refractivity contribution in [3.05, 3.63) is 89.3 Å². The Balaban J connectivity index is 2.33. The Kier molecular flexibility index (Phi) is 9.54. The van der Waals surface area contributed by atoms with E-state index in [0.29, 0.717) is 45.8 Å². The summed E-state index contributed by atoms with van der Waals surface area (Å²) in [5, 5.41) is 32.9. The highest BCUT2D eigenvalue weighted by Crippen LogP contribution is 2.54. The zero-order valence-electron chi connectivity index (χ0n) is 23.9. The fourth-order valence-electron chi connectivity index (χ4n) is 6.24. The van der Waals surface area contributed by atoms with Gasteiger partial charge in [-0.25, -0.2) is 9.59 Å². The fraction of sp³-hybridized carbons (Fsp3) is 0.394. The lowest BCUT2D eigenvalue weighted by Crippen LogP contribution is -2.34. The van der Waals surface area contributed by atoms with Gasteiger partial charge >= 0.3 is 11.9 Å². The Labute approximate surface area is 258 Å². The van der Waals surface area contributed by atoms with Crippen LogP contribution in [-0.2, 0) is 36.0 Å². The molecule has 0 atom stereocenters. The van der Waals surface area contributed by atoms with Crippen LogP contribution in [0.25, 0.3) is 0 Å². The van der Waals surface area contributed by atoms with E-state index >= 15 is 0 Å². The number of benzene rings is 3. The number of aromatic carboxylic acids is 1. The van der Waals surface area contributed by atoms with Crippen molar-refractivity contribution in [2.24, 2.45) is 0 Å². The highest BCUT2D eigenvalue weighted by Gasteiger charge is 2.53. The topological polar surface area (TPSA) is 104 Å². The van der Waals surface area contributed by atoms with Crippen LogP contribution < -0.4 is 0 Å². The maximum atomic E-state index is 13.7. The van der Waals surface area contributed by atoms with Crippen molar-refractivity contribution in [3.8, 4) is 11.5 Å². The SMILES string of the molecule is CCCc1c(C2(c3cc(O)c(Br)c(CCC)c3CCC)OC(=O)c3cccc(C(=O)O)c32)cc(O)c(Br)c1CCC. The number of phenols is 2. The predicted octanol–water partition coefficient (Wildman–Crippen LogP) is 8.59. The minimum absolute atomic E-state index is 0.0212. The lowest BCUT2D eigenvalue weighted by atomic mass is 9.71. The van der Waals surface area contributed by atoms with Gasteiger partial charge in [-0.15, -0.1) is 0 Å². The number of esters is 1. The molecule has 0 spiro atoms. The quantitative estimate of drug-likeness (QED) is 0.175. The van der Waals surface area contributed by atoms with Gasteiger partial charge in [0.2, 0.25) is 0 Å². The first-order valence-corrected chi connectivity index (χ1v) is 15.8. The van der Waals surface area contributed by atoms with Crippen LogP contribution in [0.3, 0.4) is 0 Å². The third kappa shape index (κ3) is 5.18. The molecule has 41 heavy (non-hydrogen) atoms. The van der Waals surface area contributed by atoms with Gasteiger partial charge in [0, 0.05) is 16.7 Å². The number of rotatable bonds is 11. The summed E-state index contributed by atoms with van der Waals surface area (Å²) >= 11 is 7.19. The monoisotopic (exact) mass is 686 g/mol. The van der Waals surface area contributed by atoms with Crippen LogP contribution in [0.4, 0.5) is 0 Å². The first-order chi connectivity index (χ1) is 19.6. The Bertz CT molecular complexity index is 1440. The number of carboxylic acids is 1. The molecule has 3 aromatic carbocycles. The van der Waals surface area contributed by atoms with E-state index < -0.39 is 17.5 Å². The Morgan fingerprint density at radius 3 is 1.63 bits per heavy atom. The van der Waals surface area contributed by atoms with E-state index in [9.17, 15) is 24.9 Å². The largest absolute Gasteiger partial charge is 0.507 e. The molecule has 0 saturated carbocycles. The van der Waals surface area contributed by atoms with Gasteiger partial charge in [-0.3, -0.25) is 0 Å². The smallest absolute Gasteiger partial charge is 0.340 e. The second kappa shape index (κ2) is 12.6. The van der Waals surface area contributed by atoms with Crippen LogP contribution >= 0.6 is 31.9 Å². The molecular formula is C33H36Br2O6. The van der Waals surface area contributed by atoms with Gasteiger partial charge in [0.05, 0.1) is 20.1 Å². The number of hydrogen-bond donors (Lipinski definition) is 3. The van der Waals surface area contributed by atoms with Crippen molar-refractivity contribution in [1.29, 1.82) is 0 Å². The molecule has 6 nitrogen and oxygen atoms in total. The fourth-order valence-corrected chi connectivity index (χ4v) is 7.35. The third-order valence-corrected chi connectivity index (χ3v) is 9.56. The van der Waals surface area contributed by atoms with Gasteiger partial charge in [0.1, 0.15) is 11.5 Å². The molecule has 0 bridgehead atoms. The van der Waals surface area contributed by atoms with Crippen LogP contribution in [0.5, 0.6) is 11.5 Å². The average molecular weight is 688 g/mol. The molecule has 218 valence electrons. The number of carbonyl (C=O) groups excluding carboxylic acids is 1. The van der Waals surface area contributed by atoms with Gasteiger partial charge in [-0.2, -0.15) is 0 Å². The van der Waals surface area contributed by atoms with Gasteiger partial charge < -0.3 is 20.1 Å². The number of halogens is 2. The standard InChI is InChI=1S/C33H36Br2O6/c1-5-10-18-20(12-7-3)29(34)26(36)16-24(18)33(28-22(31(38)39)14-9-15-23(28)32(40)41-33)25-17-27(37)30(35)21(13-8-4)19(25)11-6-2/h9,14-17,36-37H,5-8,10-13H2,1-4H3,(H,38,39). The van der Waals surface area contributed by atoms with Gasteiger partial charge in [-0.05, 0) is 104 Å². The number of aromatic hydroxyl groups is 2. The Morgan fingerprint density at radius 2 is 1.22 bits per heavy atom. The van der Waals surface area contributed by atoms with E-state index in [4.69, 9.17) is 4.74 Å². The van der Waals surface area contributed by atoms with Gasteiger partial charge in [0.25, 0.3) is 0 Å². The maximum Gasteiger partial charge on any atom is 0.340 e. The van der Waals surface area contributed by atoms with E-state index in [1.807, 2.05) is 0 Å². The molecule has 0 aliphatic carbocycles. The van der Waals surface area contributed by atoms with Crippen molar-refractivity contribution in [2.75, 3.05) is 0 Å². The maximum absolute atomic E-state index is 13.7. The molecule has 0 amide bonds. The lowest BCUT2D eigenvalue weighted by Gasteiger charge is -2.36. The van der Waals surface area contributed by atoms with E-state index in [0.717, 1.165) is 47.9 Å². The van der Waals surface area contributed by atoms with Gasteiger partial charge in [0.15, 0.2) is 5.60 Å². The van der Waals surface area contributed by atoms with Gasteiger partial charge in [-0.1, -0.05) is 59.4 Å². The van der Waals surface area contributed by atoms with Crippen LogP contribution in [0.1, 0.15) is 113 Å². The van der Waals surface area contributed by atoms with E-state index in [1.165, 1.54) is 6.07 Å². The number of fused-ring (bicyclic) bond motifs is 1. The zero-order valence-corrected chi connectivity index (χ0v) is 27.0. The molecule has 8 heteroatoms. The zero-order chi connectivity index (χ0) is 30.1. The van der Waals surface area contributed by atoms with Crippen molar-refractivity contribution >= 4 is 43.8 Å². The summed E-state index contributed by atoms with van der Waals surface area (Å²) in [5.41, 5.74) is 3.23. The summed E-state index contributed by atoms with van der Waals surface area (Å²) in [4.78, 5) is 26.4. The molecule has 1 aliphatic rings. The van der Waals surface area contributed by atoms with Crippen LogP contribution in [0.2, 0.25) is 0 Å². The number of cyclic esters (lactones) is 1. The van der Waals surface area contributed by atoms with E-state index in [1.54, 1.807) is 24.3 Å². The number of phenolic OH excluding ortho intramolecular Hbond substituents is 2. The summed E-state index contributed by atoms with van der Waals surface area (Å²) in [7, 11) is 0. The first-order valence-electron chi connectivity index (χ1n) is 14.3. The van der Waals surface area contributed by atoms with Crippen molar-refractivity contribution in [3.63, 3.8) is 0 Å². The number of hydrogen-bond acceptors (Lipinski definition) is 5. The minimum atomic E-state index is -1.71. The highest BCUT2D eigenvalue weighted by molar-refractivity contribution is 9.11. The average Bonchev–Trinajstić information content (AvgIpc) is 3.25. The summed E-state index contributed by atoms with van der Waals surface area (Å²) in [6, 6.07) is 7.81. The molecule has 3 aromatic rings. The normalized spacial score (nSPS) is 13.8. The summed E-state index contributed by atoms with van der Waals surface area (Å²) in [5.74, 6) is -1.88. The summed E-state index contributed by atoms with van der Waals surface area (Å²) < 4.78 is 7.62.